The van der Waals surface area contributed by atoms with Gasteiger partial charge in [-0.05, 0) is 83.2 Å². The number of carbonyl (C=O) groups is 1. The molecule has 6 nitrogen and oxygen atoms in total. The Labute approximate surface area is 197 Å². The average molecular weight is 450 g/mol. The van der Waals surface area contributed by atoms with Crippen LogP contribution in [0, 0.1) is 19.8 Å². The molecule has 0 bridgehead atoms. The Morgan fingerprint density at radius 3 is 2.76 bits per heavy atom. The summed E-state index contributed by atoms with van der Waals surface area (Å²) in [5.41, 5.74) is 5.41. The van der Waals surface area contributed by atoms with Crippen molar-refractivity contribution in [3.63, 3.8) is 0 Å². The van der Waals surface area contributed by atoms with Crippen LogP contribution in [0.4, 0.5) is 0 Å². The van der Waals surface area contributed by atoms with E-state index in [-0.39, 0.29) is 5.91 Å². The Hall–Kier alpha value is -2.21. The van der Waals surface area contributed by atoms with Crippen molar-refractivity contribution in [1.29, 1.82) is 0 Å². The first kappa shape index (κ1) is 22.6. The summed E-state index contributed by atoms with van der Waals surface area (Å²) in [5, 5.41) is 8.26. The van der Waals surface area contributed by atoms with E-state index < -0.39 is 0 Å². The molecule has 2 aliphatic carbocycles. The van der Waals surface area contributed by atoms with Gasteiger partial charge in [0.05, 0.1) is 11.7 Å². The number of likely N-dealkylation sites (tertiary alicyclic amines) is 1. The normalized spacial score (nSPS) is 24.2. The minimum absolute atomic E-state index is 0.168. The molecule has 3 heterocycles. The third kappa shape index (κ3) is 5.01. The zero-order valence-electron chi connectivity index (χ0n) is 20.4. The maximum Gasteiger partial charge on any atom is 0.220 e. The second-order valence-electron chi connectivity index (χ2n) is 10.5. The third-order valence-electron chi connectivity index (χ3n) is 8.08. The van der Waals surface area contributed by atoms with E-state index in [1.54, 1.807) is 0 Å². The third-order valence-corrected chi connectivity index (χ3v) is 8.08. The molecule has 3 aliphatic rings. The summed E-state index contributed by atoms with van der Waals surface area (Å²) in [6.45, 7) is 6.55. The van der Waals surface area contributed by atoms with Gasteiger partial charge in [-0.15, -0.1) is 0 Å². The van der Waals surface area contributed by atoms with E-state index in [4.69, 9.17) is 10.1 Å². The molecule has 1 amide bonds. The summed E-state index contributed by atoms with van der Waals surface area (Å²) < 4.78 is 2.02. The zero-order chi connectivity index (χ0) is 22.8. The Balaban J connectivity index is 1.29. The Morgan fingerprint density at radius 1 is 1.12 bits per heavy atom. The van der Waals surface area contributed by atoms with Crippen LogP contribution in [0.25, 0.3) is 5.65 Å². The fourth-order valence-corrected chi connectivity index (χ4v) is 6.21. The van der Waals surface area contributed by atoms with Crippen LogP contribution in [-0.4, -0.2) is 44.5 Å². The maximum absolute atomic E-state index is 12.5. The number of nitrogens with one attached hydrogen (secondary N) is 1. The lowest BCUT2D eigenvalue weighted by molar-refractivity contribution is -0.121. The molecule has 0 unspecified atom stereocenters. The highest BCUT2D eigenvalue weighted by molar-refractivity contribution is 5.76. The van der Waals surface area contributed by atoms with Gasteiger partial charge in [-0.2, -0.15) is 5.10 Å². The van der Waals surface area contributed by atoms with E-state index in [0.29, 0.717) is 18.5 Å². The summed E-state index contributed by atoms with van der Waals surface area (Å²) in [5.74, 6) is 0.942. The number of carbonyl (C=O) groups excluding carboxylic acids is 1. The van der Waals surface area contributed by atoms with Crippen molar-refractivity contribution < 1.29 is 4.79 Å². The second-order valence-corrected chi connectivity index (χ2v) is 10.5. The summed E-state index contributed by atoms with van der Waals surface area (Å²) >= 11 is 0. The van der Waals surface area contributed by atoms with E-state index >= 15 is 0 Å². The Kier molecular flexibility index (Phi) is 6.81. The average Bonchev–Trinajstić information content (AvgIpc) is 3.55. The molecule has 5 rings (SSSR count). The van der Waals surface area contributed by atoms with Crippen molar-refractivity contribution in [1.82, 2.24) is 24.8 Å². The molecular weight excluding hydrogens is 410 g/mol. The summed E-state index contributed by atoms with van der Waals surface area (Å²) in [4.78, 5) is 20.0. The van der Waals surface area contributed by atoms with Crippen LogP contribution in [0.1, 0.15) is 92.9 Å². The molecule has 0 radical (unpaired) electrons. The molecule has 0 aromatic carbocycles. The Bertz CT molecular complexity index is 1020. The first-order valence-electron chi connectivity index (χ1n) is 13.1. The van der Waals surface area contributed by atoms with Gasteiger partial charge in [0.25, 0.3) is 0 Å². The lowest BCUT2D eigenvalue weighted by atomic mass is 9.93. The topological polar surface area (TPSA) is 62.5 Å². The number of rotatable bonds is 7. The van der Waals surface area contributed by atoms with Gasteiger partial charge in [-0.1, -0.05) is 25.0 Å². The smallest absolute Gasteiger partial charge is 0.220 e. The molecule has 2 fully saturated rings. The van der Waals surface area contributed by atoms with Crippen molar-refractivity contribution in [2.45, 2.75) is 96.6 Å². The molecule has 33 heavy (non-hydrogen) atoms. The van der Waals surface area contributed by atoms with E-state index in [9.17, 15) is 4.79 Å². The lowest BCUT2D eigenvalue weighted by Gasteiger charge is -2.28. The number of amides is 1. The van der Waals surface area contributed by atoms with Crippen molar-refractivity contribution in [3.05, 3.63) is 40.9 Å². The van der Waals surface area contributed by atoms with Crippen LogP contribution < -0.4 is 5.32 Å². The van der Waals surface area contributed by atoms with Crippen LogP contribution in [0.2, 0.25) is 0 Å². The van der Waals surface area contributed by atoms with Crippen molar-refractivity contribution in [2.75, 3.05) is 13.1 Å². The first-order valence-corrected chi connectivity index (χ1v) is 13.1. The summed E-state index contributed by atoms with van der Waals surface area (Å²) in [7, 11) is 0. The molecule has 2 aromatic rings. The van der Waals surface area contributed by atoms with Gasteiger partial charge in [0, 0.05) is 36.5 Å². The maximum atomic E-state index is 12.5. The summed E-state index contributed by atoms with van der Waals surface area (Å²) in [6, 6.07) is 2.98. The molecule has 1 saturated heterocycles. The first-order chi connectivity index (χ1) is 16.1. The molecular formula is C27H39N5O. The van der Waals surface area contributed by atoms with E-state index in [1.165, 1.54) is 58.0 Å². The monoisotopic (exact) mass is 449 g/mol. The molecule has 1 aliphatic heterocycles. The van der Waals surface area contributed by atoms with Gasteiger partial charge in [-0.25, -0.2) is 9.50 Å². The van der Waals surface area contributed by atoms with Gasteiger partial charge in [-0.3, -0.25) is 9.69 Å². The van der Waals surface area contributed by atoms with Crippen LogP contribution in [0.3, 0.4) is 0 Å². The predicted molar refractivity (Wildman–Crippen MR) is 131 cm³/mol. The minimum Gasteiger partial charge on any atom is -0.353 e. The van der Waals surface area contributed by atoms with Gasteiger partial charge in [0.1, 0.15) is 0 Å². The van der Waals surface area contributed by atoms with Crippen LogP contribution in [0.5, 0.6) is 0 Å². The largest absolute Gasteiger partial charge is 0.353 e. The Morgan fingerprint density at radius 2 is 1.97 bits per heavy atom. The number of nitrogens with zero attached hydrogens (tertiary/aromatic N) is 4. The lowest BCUT2D eigenvalue weighted by Crippen LogP contribution is -2.32. The fourth-order valence-electron chi connectivity index (χ4n) is 6.21. The number of allylic oxidation sites excluding steroid dienone is 2. The predicted octanol–water partition coefficient (Wildman–Crippen LogP) is 4.83. The van der Waals surface area contributed by atoms with Gasteiger partial charge in [0.2, 0.25) is 5.91 Å². The number of aromatic nitrogens is 3. The molecule has 0 spiro atoms. The van der Waals surface area contributed by atoms with Crippen molar-refractivity contribution >= 4 is 11.6 Å². The van der Waals surface area contributed by atoms with Crippen molar-refractivity contribution in [3.8, 4) is 0 Å². The molecule has 2 aromatic heterocycles. The molecule has 1 saturated carbocycles. The highest BCUT2D eigenvalue weighted by Gasteiger charge is 2.30. The number of fused-ring (bicyclic) bond motifs is 1. The van der Waals surface area contributed by atoms with Crippen LogP contribution in [-0.2, 0) is 11.2 Å². The second kappa shape index (κ2) is 9.96. The van der Waals surface area contributed by atoms with Crippen molar-refractivity contribution in [2.24, 2.45) is 5.92 Å². The molecule has 2 atom stereocenters. The molecule has 6 heteroatoms. The van der Waals surface area contributed by atoms with E-state index in [1.807, 2.05) is 4.52 Å². The number of hydrogen-bond acceptors (Lipinski definition) is 4. The quantitative estimate of drug-likeness (QED) is 0.615. The van der Waals surface area contributed by atoms with Crippen LogP contribution in [0.15, 0.2) is 18.2 Å². The minimum atomic E-state index is 0.168. The van der Waals surface area contributed by atoms with Gasteiger partial charge >= 0.3 is 0 Å². The number of aryl methyl sites for hydroxylation is 2. The van der Waals surface area contributed by atoms with E-state index in [0.717, 1.165) is 53.5 Å². The summed E-state index contributed by atoms with van der Waals surface area (Å²) in [6.07, 6.45) is 16.8. The van der Waals surface area contributed by atoms with E-state index in [2.05, 4.69) is 42.3 Å². The van der Waals surface area contributed by atoms with Gasteiger partial charge < -0.3 is 5.32 Å². The SMILES string of the molecule is Cc1nc2cc([C@@H]3CCCN3C[C@@H]3CC=CCC3)nn2c(C)c1CCC(=O)NC1CCCC1. The number of hydrogen-bond donors (Lipinski definition) is 1. The molecule has 1 N–H and O–H groups in total. The standard InChI is InChI=1S/C27H39N5O/c1-19-23(14-15-27(33)29-22-11-6-7-12-22)20(2)32-26(28-19)17-24(30-32)25-13-8-16-31(25)18-21-9-4-3-5-10-21/h3-4,17,21-22,25H,5-16,18H2,1-2H3,(H,29,33)/t21-,25+/m1/s1. The molecule has 178 valence electrons. The van der Waals surface area contributed by atoms with Crippen LogP contribution >= 0.6 is 0 Å². The van der Waals surface area contributed by atoms with Gasteiger partial charge in [0.15, 0.2) is 5.65 Å². The zero-order valence-corrected chi connectivity index (χ0v) is 20.4. The highest BCUT2D eigenvalue weighted by Crippen LogP contribution is 2.34. The highest BCUT2D eigenvalue weighted by atomic mass is 16.1. The fraction of sp³-hybridized carbons (Fsp3) is 0.667.